The van der Waals surface area contributed by atoms with Crippen LogP contribution in [0.25, 0.3) is 0 Å². The SMILES string of the molecule is Cc1ccc(C)c(Nc2ncc(C(=O)NCc3ccccc3F)cn2)c1. The van der Waals surface area contributed by atoms with Gasteiger partial charge < -0.3 is 10.6 Å². The highest BCUT2D eigenvalue weighted by Crippen LogP contribution is 2.19. The minimum Gasteiger partial charge on any atom is -0.348 e. The zero-order valence-electron chi connectivity index (χ0n) is 14.6. The molecule has 0 aliphatic rings. The molecule has 0 spiro atoms. The zero-order valence-corrected chi connectivity index (χ0v) is 14.6. The molecule has 3 aromatic rings. The molecule has 3 rings (SSSR count). The zero-order chi connectivity index (χ0) is 18.5. The smallest absolute Gasteiger partial charge is 0.254 e. The fourth-order valence-electron chi connectivity index (χ4n) is 2.42. The van der Waals surface area contributed by atoms with Gasteiger partial charge in [0, 0.05) is 30.2 Å². The minimum absolute atomic E-state index is 0.105. The van der Waals surface area contributed by atoms with Gasteiger partial charge in [0.1, 0.15) is 5.82 Å². The molecule has 2 aromatic carbocycles. The van der Waals surface area contributed by atoms with Gasteiger partial charge >= 0.3 is 0 Å². The van der Waals surface area contributed by atoms with Crippen LogP contribution in [0, 0.1) is 19.7 Å². The molecule has 0 saturated carbocycles. The maximum absolute atomic E-state index is 13.6. The lowest BCUT2D eigenvalue weighted by Crippen LogP contribution is -2.23. The molecule has 1 aromatic heterocycles. The summed E-state index contributed by atoms with van der Waals surface area (Å²) in [5.74, 6) is -0.298. The normalized spacial score (nSPS) is 10.4. The van der Waals surface area contributed by atoms with E-state index in [4.69, 9.17) is 0 Å². The third-order valence-electron chi connectivity index (χ3n) is 3.95. The number of hydrogen-bond donors (Lipinski definition) is 2. The molecule has 0 aliphatic carbocycles. The summed E-state index contributed by atoms with van der Waals surface area (Å²) in [6.07, 6.45) is 2.88. The standard InChI is InChI=1S/C20H19FN4O/c1-13-7-8-14(2)18(9-13)25-20-23-11-16(12-24-20)19(26)22-10-15-5-3-4-6-17(15)21/h3-9,11-12H,10H2,1-2H3,(H,22,26)(H,23,24,25). The van der Waals surface area contributed by atoms with Crippen molar-refractivity contribution in [1.82, 2.24) is 15.3 Å². The Hall–Kier alpha value is -3.28. The predicted octanol–water partition coefficient (Wildman–Crippen LogP) is 3.91. The van der Waals surface area contributed by atoms with Crippen molar-refractivity contribution in [3.05, 3.63) is 82.9 Å². The van der Waals surface area contributed by atoms with Crippen LogP contribution in [0.5, 0.6) is 0 Å². The van der Waals surface area contributed by atoms with Crippen molar-refractivity contribution < 1.29 is 9.18 Å². The molecule has 0 fully saturated rings. The van der Waals surface area contributed by atoms with Crippen molar-refractivity contribution in [3.8, 4) is 0 Å². The second kappa shape index (κ2) is 7.74. The lowest BCUT2D eigenvalue weighted by atomic mass is 10.1. The summed E-state index contributed by atoms with van der Waals surface area (Å²) in [5.41, 5.74) is 3.86. The number of nitrogens with zero attached hydrogens (tertiary/aromatic N) is 2. The quantitative estimate of drug-likeness (QED) is 0.732. The number of aromatic nitrogens is 2. The van der Waals surface area contributed by atoms with E-state index in [9.17, 15) is 9.18 Å². The number of halogens is 1. The van der Waals surface area contributed by atoms with E-state index >= 15 is 0 Å². The van der Waals surface area contributed by atoms with Crippen molar-refractivity contribution in [3.63, 3.8) is 0 Å². The molecule has 0 aliphatic heterocycles. The molecule has 1 heterocycles. The molecule has 0 saturated heterocycles. The van der Waals surface area contributed by atoms with Gasteiger partial charge in [0.2, 0.25) is 5.95 Å². The average Bonchev–Trinajstić information content (AvgIpc) is 2.64. The summed E-state index contributed by atoms with van der Waals surface area (Å²) in [4.78, 5) is 20.5. The largest absolute Gasteiger partial charge is 0.348 e. The number of carbonyl (C=O) groups is 1. The number of nitrogens with one attached hydrogen (secondary N) is 2. The van der Waals surface area contributed by atoms with Crippen molar-refractivity contribution in [1.29, 1.82) is 0 Å². The third-order valence-corrected chi connectivity index (χ3v) is 3.95. The highest BCUT2D eigenvalue weighted by Gasteiger charge is 2.09. The summed E-state index contributed by atoms with van der Waals surface area (Å²) in [6, 6.07) is 12.4. The van der Waals surface area contributed by atoms with E-state index in [2.05, 4.69) is 20.6 Å². The molecule has 0 unspecified atom stereocenters. The van der Waals surface area contributed by atoms with Crippen LogP contribution in [0.2, 0.25) is 0 Å². The van der Waals surface area contributed by atoms with E-state index in [1.54, 1.807) is 18.2 Å². The maximum Gasteiger partial charge on any atom is 0.254 e. The van der Waals surface area contributed by atoms with E-state index in [0.29, 0.717) is 17.1 Å². The maximum atomic E-state index is 13.6. The Morgan fingerprint density at radius 2 is 1.81 bits per heavy atom. The first-order valence-corrected chi connectivity index (χ1v) is 8.21. The lowest BCUT2D eigenvalue weighted by molar-refractivity contribution is 0.0950. The van der Waals surface area contributed by atoms with Crippen molar-refractivity contribution in [2.45, 2.75) is 20.4 Å². The van der Waals surface area contributed by atoms with Gasteiger partial charge in [0.25, 0.3) is 5.91 Å². The number of amides is 1. The van der Waals surface area contributed by atoms with Crippen LogP contribution in [0.4, 0.5) is 16.0 Å². The van der Waals surface area contributed by atoms with Crippen LogP contribution in [-0.4, -0.2) is 15.9 Å². The fourth-order valence-corrected chi connectivity index (χ4v) is 2.42. The van der Waals surface area contributed by atoms with Gasteiger partial charge in [-0.05, 0) is 37.1 Å². The molecule has 26 heavy (non-hydrogen) atoms. The van der Waals surface area contributed by atoms with E-state index in [-0.39, 0.29) is 18.3 Å². The number of carbonyl (C=O) groups excluding carboxylic acids is 1. The molecule has 0 bridgehead atoms. The van der Waals surface area contributed by atoms with E-state index in [1.165, 1.54) is 18.5 Å². The molecular formula is C20H19FN4O. The molecule has 0 radical (unpaired) electrons. The number of rotatable bonds is 5. The Kier molecular flexibility index (Phi) is 5.22. The number of anilines is 2. The summed E-state index contributed by atoms with van der Waals surface area (Å²) < 4.78 is 13.6. The molecule has 1 amide bonds. The van der Waals surface area contributed by atoms with Crippen LogP contribution < -0.4 is 10.6 Å². The molecule has 2 N–H and O–H groups in total. The third kappa shape index (κ3) is 4.22. The first kappa shape index (κ1) is 17.5. The van der Waals surface area contributed by atoms with Crippen LogP contribution in [0.15, 0.2) is 54.9 Å². The lowest BCUT2D eigenvalue weighted by Gasteiger charge is -2.10. The number of aryl methyl sites for hydroxylation is 2. The van der Waals surface area contributed by atoms with Gasteiger partial charge in [-0.1, -0.05) is 30.3 Å². The van der Waals surface area contributed by atoms with Gasteiger partial charge in [-0.2, -0.15) is 0 Å². The molecule has 0 atom stereocenters. The van der Waals surface area contributed by atoms with Crippen molar-refractivity contribution in [2.75, 3.05) is 5.32 Å². The number of benzene rings is 2. The van der Waals surface area contributed by atoms with Gasteiger partial charge in [0.15, 0.2) is 0 Å². The second-order valence-electron chi connectivity index (χ2n) is 6.01. The van der Waals surface area contributed by atoms with Crippen LogP contribution >= 0.6 is 0 Å². The van der Waals surface area contributed by atoms with E-state index < -0.39 is 0 Å². The summed E-state index contributed by atoms with van der Waals surface area (Å²) in [6.45, 7) is 4.11. The summed E-state index contributed by atoms with van der Waals surface area (Å²) in [7, 11) is 0. The van der Waals surface area contributed by atoms with Gasteiger partial charge in [-0.25, -0.2) is 14.4 Å². The first-order chi connectivity index (χ1) is 12.5. The summed E-state index contributed by atoms with van der Waals surface area (Å²) in [5, 5.41) is 5.80. The molecular weight excluding hydrogens is 331 g/mol. The number of hydrogen-bond acceptors (Lipinski definition) is 4. The van der Waals surface area contributed by atoms with Crippen LogP contribution in [0.1, 0.15) is 27.0 Å². The topological polar surface area (TPSA) is 66.9 Å². The van der Waals surface area contributed by atoms with Gasteiger partial charge in [-0.3, -0.25) is 4.79 Å². The summed E-state index contributed by atoms with van der Waals surface area (Å²) >= 11 is 0. The van der Waals surface area contributed by atoms with Crippen LogP contribution in [0.3, 0.4) is 0 Å². The van der Waals surface area contributed by atoms with Gasteiger partial charge in [0.05, 0.1) is 5.56 Å². The Balaban J connectivity index is 1.64. The highest BCUT2D eigenvalue weighted by atomic mass is 19.1. The fraction of sp³-hybridized carbons (Fsp3) is 0.150. The van der Waals surface area contributed by atoms with Gasteiger partial charge in [-0.15, -0.1) is 0 Å². The second-order valence-corrected chi connectivity index (χ2v) is 6.01. The highest BCUT2D eigenvalue weighted by molar-refractivity contribution is 5.93. The molecule has 6 heteroatoms. The van der Waals surface area contributed by atoms with E-state index in [1.807, 2.05) is 32.0 Å². The minimum atomic E-state index is -0.355. The molecule has 132 valence electrons. The van der Waals surface area contributed by atoms with Crippen LogP contribution in [-0.2, 0) is 6.54 Å². The Labute approximate surface area is 151 Å². The monoisotopic (exact) mass is 350 g/mol. The molecule has 5 nitrogen and oxygen atoms in total. The van der Waals surface area contributed by atoms with Crippen molar-refractivity contribution in [2.24, 2.45) is 0 Å². The predicted molar refractivity (Wildman–Crippen MR) is 98.8 cm³/mol. The Bertz CT molecular complexity index is 925. The Morgan fingerprint density at radius 3 is 2.54 bits per heavy atom. The van der Waals surface area contributed by atoms with Crippen molar-refractivity contribution >= 4 is 17.5 Å². The van der Waals surface area contributed by atoms with E-state index in [0.717, 1.165) is 16.8 Å². The average molecular weight is 350 g/mol. The first-order valence-electron chi connectivity index (χ1n) is 8.21. The Morgan fingerprint density at radius 1 is 1.08 bits per heavy atom.